The number of likely N-dealkylation sites (tertiary alicyclic amines) is 1. The largest absolute Gasteiger partial charge is 0.683 e. The summed E-state index contributed by atoms with van der Waals surface area (Å²) in [6.45, 7) is 2.97. The van der Waals surface area contributed by atoms with E-state index in [0.717, 1.165) is 91.8 Å². The van der Waals surface area contributed by atoms with Crippen LogP contribution in [0.5, 0.6) is 5.88 Å². The molecule has 0 spiro atoms. The van der Waals surface area contributed by atoms with E-state index in [2.05, 4.69) is 68.8 Å². The maximum absolute atomic E-state index is 11.1. The molecular formula is C33H43N6O2SY-. The number of hydrogen-bond donors (Lipinski definition) is 2. The molecule has 4 aromatic rings. The van der Waals surface area contributed by atoms with Gasteiger partial charge in [-0.2, -0.15) is 0 Å². The monoisotopic (exact) mass is 676 g/mol. The van der Waals surface area contributed by atoms with Crippen LogP contribution in [0.3, 0.4) is 0 Å². The van der Waals surface area contributed by atoms with Gasteiger partial charge >= 0.3 is 0 Å². The van der Waals surface area contributed by atoms with Gasteiger partial charge in [-0.1, -0.05) is 49.2 Å². The number of aryl methyl sites for hydroxylation is 1. The maximum Gasteiger partial charge on any atom is 0.223 e. The number of unbranched alkanes of at least 4 members (excludes halogenated alkanes) is 2. The predicted molar refractivity (Wildman–Crippen MR) is 174 cm³/mol. The number of thioether (sulfide) groups is 1. The minimum Gasteiger partial charge on any atom is -0.683 e. The number of benzene rings is 2. The molecule has 1 saturated heterocycles. The van der Waals surface area contributed by atoms with Gasteiger partial charge in [-0.05, 0) is 68.8 Å². The molecule has 0 atom stereocenters. The van der Waals surface area contributed by atoms with E-state index in [-0.39, 0.29) is 44.5 Å². The van der Waals surface area contributed by atoms with E-state index in [1.165, 1.54) is 4.90 Å². The number of piperidine rings is 1. The fourth-order valence-electron chi connectivity index (χ4n) is 5.09. The fraction of sp³-hybridized carbons (Fsp3) is 0.424. The van der Waals surface area contributed by atoms with E-state index in [1.807, 2.05) is 30.5 Å². The van der Waals surface area contributed by atoms with Crippen LogP contribution >= 0.6 is 11.8 Å². The number of imidazole rings is 1. The second-order valence-corrected chi connectivity index (χ2v) is 11.4. The van der Waals surface area contributed by atoms with Crippen LogP contribution in [-0.2, 0) is 43.9 Å². The van der Waals surface area contributed by atoms with E-state index in [9.17, 15) is 4.79 Å². The summed E-state index contributed by atoms with van der Waals surface area (Å²) in [7, 11) is 5.46. The first kappa shape index (κ1) is 35.0. The Hall–Kier alpha value is -2.46. The first-order valence-electron chi connectivity index (χ1n) is 14.7. The van der Waals surface area contributed by atoms with Crippen molar-refractivity contribution in [2.24, 2.45) is 5.92 Å². The van der Waals surface area contributed by atoms with E-state index >= 15 is 0 Å². The first-order chi connectivity index (χ1) is 20.5. The average molecular weight is 677 g/mol. The van der Waals surface area contributed by atoms with Gasteiger partial charge in [-0.15, -0.1) is 24.0 Å². The third-order valence-electron chi connectivity index (χ3n) is 7.58. The van der Waals surface area contributed by atoms with Crippen molar-refractivity contribution in [1.82, 2.24) is 25.2 Å². The molecule has 0 unspecified atom stereocenters. The van der Waals surface area contributed by atoms with E-state index in [4.69, 9.17) is 10.1 Å². The maximum atomic E-state index is 11.1. The molecule has 2 N–H and O–H groups in total. The zero-order valence-corrected chi connectivity index (χ0v) is 29.5. The Balaban J connectivity index is 0.000000357. The minimum absolute atomic E-state index is 0. The summed E-state index contributed by atoms with van der Waals surface area (Å²) in [5, 5.41) is 8.52. The average Bonchev–Trinajstić information content (AvgIpc) is 3.51. The normalized spacial score (nSPS) is 13.5. The number of amides is 1. The molecule has 1 amide bonds. The molecule has 2 aromatic heterocycles. The van der Waals surface area contributed by atoms with Crippen molar-refractivity contribution in [1.29, 1.82) is 0 Å². The van der Waals surface area contributed by atoms with Crippen molar-refractivity contribution >= 4 is 34.3 Å². The van der Waals surface area contributed by atoms with E-state index < -0.39 is 0 Å². The molecule has 43 heavy (non-hydrogen) atoms. The Morgan fingerprint density at radius 1 is 1.12 bits per heavy atom. The SMILES string of the molecule is CNC(=O)C1CCN(C)CC1.COc1nc2ccccc2cc1-c1cnc(CCCCC[N-]c2ccccc2SC)[nH]1.[Y]. The molecule has 2 aromatic carbocycles. The molecule has 1 radical (unpaired) electrons. The number of carbonyl (C=O) groups excluding carboxylic acids is 1. The molecule has 3 heterocycles. The molecule has 1 aliphatic heterocycles. The molecule has 0 aliphatic carbocycles. The van der Waals surface area contributed by atoms with E-state index in [0.29, 0.717) is 5.88 Å². The smallest absolute Gasteiger partial charge is 0.223 e. The van der Waals surface area contributed by atoms with Crippen LogP contribution in [0.1, 0.15) is 37.9 Å². The molecular weight excluding hydrogens is 633 g/mol. The van der Waals surface area contributed by atoms with Gasteiger partial charge < -0.3 is 25.3 Å². The summed E-state index contributed by atoms with van der Waals surface area (Å²) in [6, 6.07) is 18.5. The molecule has 0 saturated carbocycles. The molecule has 8 nitrogen and oxygen atoms in total. The molecule has 1 fully saturated rings. The number of nitrogens with one attached hydrogen (secondary N) is 2. The van der Waals surface area contributed by atoms with Crippen LogP contribution < -0.4 is 10.1 Å². The number of aromatic amines is 1. The number of H-pyrrole nitrogens is 1. The Morgan fingerprint density at radius 2 is 1.86 bits per heavy atom. The topological polar surface area (TPSA) is 97.2 Å². The summed E-state index contributed by atoms with van der Waals surface area (Å²) in [5.41, 5.74) is 3.90. The number of nitrogens with zero attached hydrogens (tertiary/aromatic N) is 4. The van der Waals surface area contributed by atoms with Crippen molar-refractivity contribution in [3.63, 3.8) is 0 Å². The van der Waals surface area contributed by atoms with Crippen molar-refractivity contribution in [3.8, 4) is 17.1 Å². The summed E-state index contributed by atoms with van der Waals surface area (Å²) in [6.07, 6.45) is 10.2. The summed E-state index contributed by atoms with van der Waals surface area (Å²) < 4.78 is 5.52. The van der Waals surface area contributed by atoms with Gasteiger partial charge in [0.2, 0.25) is 11.8 Å². The van der Waals surface area contributed by atoms with Gasteiger partial charge in [-0.3, -0.25) is 4.79 Å². The van der Waals surface area contributed by atoms with Crippen LogP contribution in [0.15, 0.2) is 65.7 Å². The number of aromatic nitrogens is 3. The van der Waals surface area contributed by atoms with Crippen molar-refractivity contribution in [3.05, 3.63) is 71.9 Å². The minimum atomic E-state index is 0. The van der Waals surface area contributed by atoms with Crippen LogP contribution in [0.25, 0.3) is 27.5 Å². The predicted octanol–water partition coefficient (Wildman–Crippen LogP) is 6.85. The number of hydrogen-bond acceptors (Lipinski definition) is 6. The van der Waals surface area contributed by atoms with Gasteiger partial charge in [0.15, 0.2) is 0 Å². The number of para-hydroxylation sites is 2. The van der Waals surface area contributed by atoms with Crippen molar-refractivity contribution < 1.29 is 42.2 Å². The van der Waals surface area contributed by atoms with Crippen LogP contribution in [0, 0.1) is 5.92 Å². The Morgan fingerprint density at radius 3 is 2.60 bits per heavy atom. The van der Waals surface area contributed by atoms with Gasteiger partial charge in [0.25, 0.3) is 0 Å². The van der Waals surface area contributed by atoms with E-state index in [1.54, 1.807) is 25.9 Å². The summed E-state index contributed by atoms with van der Waals surface area (Å²) in [4.78, 5) is 27.3. The second-order valence-electron chi connectivity index (χ2n) is 10.5. The number of carbonyl (C=O) groups is 1. The number of fused-ring (bicyclic) bond motifs is 1. The number of ether oxygens (including phenoxy) is 1. The summed E-state index contributed by atoms with van der Waals surface area (Å²) >= 11 is 1.74. The first-order valence-corrected chi connectivity index (χ1v) is 15.9. The van der Waals surface area contributed by atoms with Crippen LogP contribution in [0.4, 0.5) is 5.69 Å². The summed E-state index contributed by atoms with van der Waals surface area (Å²) in [5.74, 6) is 2.07. The van der Waals surface area contributed by atoms with Gasteiger partial charge in [0.05, 0.1) is 30.1 Å². The molecule has 5 rings (SSSR count). The van der Waals surface area contributed by atoms with Gasteiger partial charge in [0.1, 0.15) is 5.82 Å². The zero-order chi connectivity index (χ0) is 29.7. The van der Waals surface area contributed by atoms with Gasteiger partial charge in [-0.25, -0.2) is 9.97 Å². The standard InChI is InChI=1S/C25H27N4OS.C8H16N2O.Y/c1-30-25-19(16-18-10-5-6-11-20(18)29-25)22-17-27-24(28-22)14-4-3-9-15-26-21-12-7-8-13-23(21)31-2;1-9-8(11)7-3-5-10(2)6-4-7;/h5-8,10-13,16-17H,3-4,9,14-15H2,1-2H3,(H,27,28);7H,3-6H2,1-2H3,(H,9,11);/q-1;;. The molecule has 1 aliphatic rings. The molecule has 0 bridgehead atoms. The number of rotatable bonds is 11. The Bertz CT molecular complexity index is 1420. The number of pyridine rings is 1. The number of methoxy groups -OCH3 is 1. The Labute approximate surface area is 285 Å². The second kappa shape index (κ2) is 18.4. The quantitative estimate of drug-likeness (QED) is 0.133. The fourth-order valence-corrected chi connectivity index (χ4v) is 5.65. The van der Waals surface area contributed by atoms with Crippen LogP contribution in [0.2, 0.25) is 0 Å². The van der Waals surface area contributed by atoms with Crippen molar-refractivity contribution in [2.75, 3.05) is 47.1 Å². The zero-order valence-electron chi connectivity index (χ0n) is 25.8. The molecule has 10 heteroatoms. The van der Waals surface area contributed by atoms with Crippen molar-refractivity contribution in [2.45, 2.75) is 43.4 Å². The molecule has 227 valence electrons. The van der Waals surface area contributed by atoms with Crippen LogP contribution in [-0.4, -0.2) is 72.9 Å². The van der Waals surface area contributed by atoms with Gasteiger partial charge in [0, 0.05) is 57.5 Å². The third-order valence-corrected chi connectivity index (χ3v) is 8.36. The Kier molecular flexibility index (Phi) is 15.0. The third kappa shape index (κ3) is 10.3.